The molecule has 1 aromatic carbocycles. The van der Waals surface area contributed by atoms with Crippen molar-refractivity contribution in [1.29, 1.82) is 0 Å². The van der Waals surface area contributed by atoms with E-state index in [1.165, 1.54) is 6.20 Å². The predicted octanol–water partition coefficient (Wildman–Crippen LogP) is 2.49. The summed E-state index contributed by atoms with van der Waals surface area (Å²) in [6.07, 6.45) is 5.24. The Bertz CT molecular complexity index is 1310. The largest absolute Gasteiger partial charge is 0.346 e. The number of nitrogens with one attached hydrogen (secondary N) is 3. The monoisotopic (exact) mass is 455 g/mol. The molecule has 1 saturated carbocycles. The molecule has 32 heavy (non-hydrogen) atoms. The van der Waals surface area contributed by atoms with Crippen molar-refractivity contribution >= 4 is 32.7 Å². The lowest BCUT2D eigenvalue weighted by atomic mass is 10.1. The van der Waals surface area contributed by atoms with Gasteiger partial charge in [-0.2, -0.15) is 0 Å². The third-order valence-corrected chi connectivity index (χ3v) is 7.48. The van der Waals surface area contributed by atoms with Crippen LogP contribution in [0.25, 0.3) is 11.0 Å². The molecule has 10 heteroatoms. The number of aryl methyl sites for hydroxylation is 1. The molecule has 1 aliphatic carbocycles. The van der Waals surface area contributed by atoms with E-state index >= 15 is 0 Å². The fraction of sp³-hybridized carbons (Fsp3) is 0.364. The van der Waals surface area contributed by atoms with Crippen molar-refractivity contribution in [2.24, 2.45) is 0 Å². The first-order valence-corrected chi connectivity index (χ1v) is 12.2. The Labute approximate surface area is 185 Å². The highest BCUT2D eigenvalue weighted by atomic mass is 32.2. The fourth-order valence-corrected chi connectivity index (χ4v) is 5.44. The molecule has 0 unspecified atom stereocenters. The number of aromatic nitrogens is 3. The molecule has 0 bridgehead atoms. The number of nitrogens with zero attached hydrogens (tertiary/aromatic N) is 2. The molecule has 0 radical (unpaired) electrons. The molecule has 2 aromatic heterocycles. The molecule has 1 amide bonds. The van der Waals surface area contributed by atoms with Gasteiger partial charge >= 0.3 is 0 Å². The Balaban J connectivity index is 1.44. The van der Waals surface area contributed by atoms with E-state index in [1.54, 1.807) is 30.3 Å². The summed E-state index contributed by atoms with van der Waals surface area (Å²) in [7, 11) is -3.43. The number of sulfonamides is 1. The minimum Gasteiger partial charge on any atom is -0.346 e. The summed E-state index contributed by atoms with van der Waals surface area (Å²) in [4.78, 5) is 35.9. The second-order valence-corrected chi connectivity index (χ2v) is 9.83. The van der Waals surface area contributed by atoms with Crippen molar-refractivity contribution in [3.05, 3.63) is 63.8 Å². The zero-order valence-corrected chi connectivity index (χ0v) is 18.5. The first-order valence-electron chi connectivity index (χ1n) is 10.6. The van der Waals surface area contributed by atoms with Gasteiger partial charge < -0.3 is 10.3 Å². The number of H-pyrrole nitrogens is 1. The van der Waals surface area contributed by atoms with Gasteiger partial charge in [0.1, 0.15) is 5.69 Å². The van der Waals surface area contributed by atoms with Gasteiger partial charge in [0.15, 0.2) is 0 Å². The van der Waals surface area contributed by atoms with Gasteiger partial charge in [-0.25, -0.2) is 13.4 Å². The van der Waals surface area contributed by atoms with E-state index in [0.29, 0.717) is 52.9 Å². The first kappa shape index (κ1) is 21.9. The van der Waals surface area contributed by atoms with Crippen molar-refractivity contribution < 1.29 is 13.2 Å². The number of fused-ring (bicyclic) bond motifs is 1. The number of hydrogen-bond donors (Lipinski definition) is 3. The van der Waals surface area contributed by atoms with Gasteiger partial charge in [-0.3, -0.25) is 19.3 Å². The van der Waals surface area contributed by atoms with Crippen molar-refractivity contribution in [1.82, 2.24) is 20.3 Å². The maximum absolute atomic E-state index is 12.6. The average Bonchev–Trinajstić information content (AvgIpc) is 3.33. The van der Waals surface area contributed by atoms with Crippen molar-refractivity contribution in [3.8, 4) is 0 Å². The summed E-state index contributed by atoms with van der Waals surface area (Å²) < 4.78 is 27.6. The number of pyridine rings is 1. The van der Waals surface area contributed by atoms with E-state index in [9.17, 15) is 18.0 Å². The van der Waals surface area contributed by atoms with Gasteiger partial charge in [0.05, 0.1) is 34.2 Å². The standard InChI is InChI=1S/C22H25N5O4S/c1-2-18-22(29)26-20-11-14(7-8-19(20)25-18)21(28)24-13-16-12-15(9-10-23-16)27-32(30,31)17-5-3-4-6-17/h7-12,17H,2-6,13H2,1H3,(H,23,27)(H,24,28)(H,26,29). The molecular weight excluding hydrogens is 430 g/mol. The lowest BCUT2D eigenvalue weighted by Gasteiger charge is -2.14. The molecule has 3 N–H and O–H groups in total. The molecule has 0 aliphatic heterocycles. The van der Waals surface area contributed by atoms with Gasteiger partial charge in [-0.05, 0) is 49.6 Å². The van der Waals surface area contributed by atoms with E-state index in [2.05, 4.69) is 25.0 Å². The number of hydrogen-bond acceptors (Lipinski definition) is 6. The minimum absolute atomic E-state index is 0.124. The van der Waals surface area contributed by atoms with Gasteiger partial charge in [-0.1, -0.05) is 19.8 Å². The van der Waals surface area contributed by atoms with Crippen LogP contribution in [0.15, 0.2) is 41.3 Å². The van der Waals surface area contributed by atoms with Crippen LogP contribution in [-0.2, 0) is 23.0 Å². The van der Waals surface area contributed by atoms with Crippen molar-refractivity contribution in [3.63, 3.8) is 0 Å². The number of carbonyl (C=O) groups excluding carboxylic acids is 1. The molecule has 4 rings (SSSR count). The van der Waals surface area contributed by atoms with Crippen LogP contribution in [0.2, 0.25) is 0 Å². The van der Waals surface area contributed by atoms with Crippen LogP contribution in [-0.4, -0.2) is 34.5 Å². The molecular formula is C22H25N5O4S. The van der Waals surface area contributed by atoms with Crippen LogP contribution in [0.3, 0.4) is 0 Å². The Morgan fingerprint density at radius 1 is 1.19 bits per heavy atom. The van der Waals surface area contributed by atoms with Crippen LogP contribution >= 0.6 is 0 Å². The molecule has 1 fully saturated rings. The zero-order chi connectivity index (χ0) is 22.7. The lowest BCUT2D eigenvalue weighted by molar-refractivity contribution is 0.0950. The summed E-state index contributed by atoms with van der Waals surface area (Å²) in [5, 5.41) is 2.41. The van der Waals surface area contributed by atoms with E-state index in [1.807, 2.05) is 6.92 Å². The Hall–Kier alpha value is -3.27. The molecule has 0 saturated heterocycles. The van der Waals surface area contributed by atoms with Gasteiger partial charge in [0.25, 0.3) is 11.5 Å². The molecule has 2 heterocycles. The maximum Gasteiger partial charge on any atom is 0.270 e. The number of anilines is 1. The minimum atomic E-state index is -3.43. The summed E-state index contributed by atoms with van der Waals surface area (Å²) in [5.74, 6) is -0.342. The molecule has 1 aliphatic rings. The highest BCUT2D eigenvalue weighted by molar-refractivity contribution is 7.93. The van der Waals surface area contributed by atoms with Crippen molar-refractivity contribution in [2.45, 2.75) is 50.8 Å². The lowest BCUT2D eigenvalue weighted by Crippen LogP contribution is -2.26. The maximum atomic E-state index is 12.6. The van der Waals surface area contributed by atoms with Crippen molar-refractivity contribution in [2.75, 3.05) is 4.72 Å². The number of aromatic amines is 1. The summed E-state index contributed by atoms with van der Waals surface area (Å²) in [6, 6.07) is 8.12. The van der Waals surface area contributed by atoms with E-state index in [0.717, 1.165) is 12.8 Å². The number of benzene rings is 1. The van der Waals surface area contributed by atoms with Gasteiger partial charge in [0, 0.05) is 11.8 Å². The van der Waals surface area contributed by atoms with Crippen LogP contribution in [0.1, 0.15) is 54.4 Å². The third kappa shape index (κ3) is 4.80. The second kappa shape index (κ2) is 9.07. The highest BCUT2D eigenvalue weighted by Gasteiger charge is 2.28. The van der Waals surface area contributed by atoms with E-state index < -0.39 is 10.0 Å². The molecule has 168 valence electrons. The van der Waals surface area contributed by atoms with Crippen LogP contribution in [0.4, 0.5) is 5.69 Å². The third-order valence-electron chi connectivity index (χ3n) is 5.61. The van der Waals surface area contributed by atoms with Crippen LogP contribution in [0.5, 0.6) is 0 Å². The number of carbonyl (C=O) groups is 1. The topological polar surface area (TPSA) is 134 Å². The predicted molar refractivity (Wildman–Crippen MR) is 122 cm³/mol. The fourth-order valence-electron chi connectivity index (χ4n) is 3.86. The normalized spacial score (nSPS) is 14.5. The van der Waals surface area contributed by atoms with Crippen LogP contribution in [0, 0.1) is 0 Å². The van der Waals surface area contributed by atoms with Crippen LogP contribution < -0.4 is 15.6 Å². The Kier molecular flexibility index (Phi) is 6.22. The van der Waals surface area contributed by atoms with E-state index in [4.69, 9.17) is 0 Å². The molecule has 0 atom stereocenters. The van der Waals surface area contributed by atoms with Gasteiger partial charge in [-0.15, -0.1) is 0 Å². The quantitative estimate of drug-likeness (QED) is 0.501. The summed E-state index contributed by atoms with van der Waals surface area (Å²) in [5.41, 5.74) is 2.61. The highest BCUT2D eigenvalue weighted by Crippen LogP contribution is 2.26. The average molecular weight is 456 g/mol. The van der Waals surface area contributed by atoms with Gasteiger partial charge in [0.2, 0.25) is 10.0 Å². The Morgan fingerprint density at radius 3 is 2.72 bits per heavy atom. The second-order valence-electron chi connectivity index (χ2n) is 7.87. The number of rotatable bonds is 7. The summed E-state index contributed by atoms with van der Waals surface area (Å²) >= 11 is 0. The SMILES string of the molecule is CCc1nc2ccc(C(=O)NCc3cc(NS(=O)(=O)C4CCCC4)ccn3)cc2[nH]c1=O. The zero-order valence-electron chi connectivity index (χ0n) is 17.7. The molecule has 0 spiro atoms. The first-order chi connectivity index (χ1) is 15.4. The summed E-state index contributed by atoms with van der Waals surface area (Å²) in [6.45, 7) is 1.98. The molecule has 3 aromatic rings. The molecule has 9 nitrogen and oxygen atoms in total. The Morgan fingerprint density at radius 2 is 1.97 bits per heavy atom. The van der Waals surface area contributed by atoms with E-state index in [-0.39, 0.29) is 23.3 Å². The smallest absolute Gasteiger partial charge is 0.270 e. The number of amides is 1.